The Kier molecular flexibility index (Phi) is 3.44. The van der Waals surface area contributed by atoms with Crippen LogP contribution in [-0.2, 0) is 0 Å². The van der Waals surface area contributed by atoms with Crippen LogP contribution in [0.4, 0.5) is 0 Å². The summed E-state index contributed by atoms with van der Waals surface area (Å²) >= 11 is 0. The molecule has 0 bridgehead atoms. The van der Waals surface area contributed by atoms with Crippen LogP contribution in [0.3, 0.4) is 0 Å². The summed E-state index contributed by atoms with van der Waals surface area (Å²) in [5, 5.41) is 0. The third-order valence-electron chi connectivity index (χ3n) is 0.333. The third kappa shape index (κ3) is 3.67. The number of rotatable bonds is 2. The van der Waals surface area contributed by atoms with Gasteiger partial charge in [0.15, 0.2) is 0 Å². The predicted octanol–water partition coefficient (Wildman–Crippen LogP) is 0.727. The van der Waals surface area contributed by atoms with Crippen molar-refractivity contribution < 1.29 is 0 Å². The van der Waals surface area contributed by atoms with Crippen LogP contribution in [0.5, 0.6) is 0 Å². The van der Waals surface area contributed by atoms with Gasteiger partial charge in [0.2, 0.25) is 0 Å². The first kappa shape index (κ1) is 4.67. The molecule has 1 heteroatoms. The van der Waals surface area contributed by atoms with Crippen LogP contribution in [0.1, 0.15) is 0 Å². The Bertz CT molecular complexity index is 32.9. The molecular weight excluding hydrogens is 58.9 g/mol. The Hall–Kier alpha value is -0.325. The van der Waals surface area contributed by atoms with Gasteiger partial charge in [-0.3, -0.25) is 0 Å². The molecule has 0 aliphatic heterocycles. The van der Waals surface area contributed by atoms with Gasteiger partial charge in [-0.05, 0) is 0 Å². The van der Waals surface area contributed by atoms with Crippen LogP contribution >= 0.6 is 0 Å². The molecule has 0 heterocycles. The molecule has 0 saturated heterocycles. The summed E-state index contributed by atoms with van der Waals surface area (Å²) in [5.74, 6) is 0. The second kappa shape index (κ2) is 3.67. The average Bonchev–Trinajstić information content (AvgIpc) is 1.41. The van der Waals surface area contributed by atoms with E-state index < -0.39 is 0 Å². The van der Waals surface area contributed by atoms with E-state index in [-0.39, 0.29) is 0 Å². The normalized spacial score (nSPS) is 5.60. The molecule has 5 heavy (non-hydrogen) atoms. The molecule has 0 atom stereocenters. The maximum atomic E-state index is 3.48. The molecular formula is C4H7B. The van der Waals surface area contributed by atoms with Gasteiger partial charge in [-0.25, -0.2) is 0 Å². The summed E-state index contributed by atoms with van der Waals surface area (Å²) in [5.41, 5.74) is 0. The number of hydrogen-bond acceptors (Lipinski definition) is 0. The van der Waals surface area contributed by atoms with Crippen molar-refractivity contribution >= 4 is 13.4 Å². The average molecular weight is 65.9 g/mol. The van der Waals surface area contributed by atoms with Crippen molar-refractivity contribution in [1.29, 1.82) is 0 Å². The first-order valence-electron chi connectivity index (χ1n) is 1.63. The van der Waals surface area contributed by atoms with Crippen LogP contribution < -0.4 is 0 Å². The van der Waals surface area contributed by atoms with Crippen molar-refractivity contribution in [3.63, 3.8) is 0 Å². The van der Waals surface area contributed by atoms with E-state index in [4.69, 9.17) is 0 Å². The third-order valence-corrected chi connectivity index (χ3v) is 0.333. The minimum atomic E-state index is 0.917. The van der Waals surface area contributed by atoms with Crippen LogP contribution in [0, 0.1) is 0 Å². The zero-order chi connectivity index (χ0) is 4.12. The fourth-order valence-electron chi connectivity index (χ4n) is 0.118. The Balaban J connectivity index is 2.65. The Morgan fingerprint density at radius 3 is 2.40 bits per heavy atom. The quantitative estimate of drug-likeness (QED) is 0.329. The maximum absolute atomic E-state index is 3.48. The second-order valence-corrected chi connectivity index (χ2v) is 0.813. The first-order chi connectivity index (χ1) is 2.41. The van der Waals surface area contributed by atoms with Crippen molar-refractivity contribution in [1.82, 2.24) is 0 Å². The van der Waals surface area contributed by atoms with Crippen LogP contribution in [0.25, 0.3) is 0 Å². The zero-order valence-corrected chi connectivity index (χ0v) is 3.28. The van der Waals surface area contributed by atoms with E-state index in [0.29, 0.717) is 0 Å². The van der Waals surface area contributed by atoms with Gasteiger partial charge in [0.25, 0.3) is 0 Å². The summed E-state index contributed by atoms with van der Waals surface area (Å²) in [6.07, 6.45) is 2.73. The van der Waals surface area contributed by atoms with Gasteiger partial charge in [0.1, 0.15) is 0 Å². The van der Waals surface area contributed by atoms with E-state index >= 15 is 0 Å². The molecule has 0 amide bonds. The fourth-order valence-corrected chi connectivity index (χ4v) is 0.118. The van der Waals surface area contributed by atoms with Gasteiger partial charge in [0.05, 0.1) is 0 Å². The molecule has 0 fully saturated rings. The van der Waals surface area contributed by atoms with Crippen molar-refractivity contribution in [3.05, 3.63) is 12.7 Å². The Labute approximate surface area is 33.4 Å². The van der Waals surface area contributed by atoms with E-state index in [1.807, 2.05) is 13.0 Å². The SMILES string of the molecule is C=BCC=C. The van der Waals surface area contributed by atoms with Crippen LogP contribution in [0.2, 0.25) is 6.32 Å². The van der Waals surface area contributed by atoms with E-state index in [1.54, 1.807) is 0 Å². The van der Waals surface area contributed by atoms with Gasteiger partial charge in [0, 0.05) is 0 Å². The standard InChI is InChI=1S/C4H7B/c1-3-4-5-2/h3H,1-2,4H2. The van der Waals surface area contributed by atoms with Crippen molar-refractivity contribution in [2.45, 2.75) is 6.32 Å². The number of allylic oxidation sites excluding steroid dienone is 1. The van der Waals surface area contributed by atoms with Gasteiger partial charge in [-0.2, -0.15) is 0 Å². The molecule has 0 aliphatic rings. The zero-order valence-electron chi connectivity index (χ0n) is 3.28. The molecule has 0 nitrogen and oxygen atoms in total. The summed E-state index contributed by atoms with van der Waals surface area (Å²) in [4.78, 5) is 0. The first-order valence-corrected chi connectivity index (χ1v) is 1.63. The van der Waals surface area contributed by atoms with Crippen molar-refractivity contribution in [2.75, 3.05) is 0 Å². The monoisotopic (exact) mass is 66.1 g/mol. The van der Waals surface area contributed by atoms with Gasteiger partial charge < -0.3 is 0 Å². The summed E-state index contributed by atoms with van der Waals surface area (Å²) in [6, 6.07) is 0. The Morgan fingerprint density at radius 2 is 2.40 bits per heavy atom. The molecule has 0 aromatic heterocycles. The molecule has 0 saturated carbocycles. The topological polar surface area (TPSA) is 0 Å². The molecule has 0 radical (unpaired) electrons. The molecule has 0 aliphatic carbocycles. The summed E-state index contributed by atoms with van der Waals surface area (Å²) in [7, 11) is 0. The summed E-state index contributed by atoms with van der Waals surface area (Å²) < 4.78 is 0. The predicted molar refractivity (Wildman–Crippen MR) is 27.9 cm³/mol. The van der Waals surface area contributed by atoms with E-state index in [9.17, 15) is 0 Å². The summed E-state index contributed by atoms with van der Waals surface area (Å²) in [6.45, 7) is 8.77. The van der Waals surface area contributed by atoms with E-state index in [0.717, 1.165) is 6.32 Å². The minimum absolute atomic E-state index is 0.917. The molecule has 0 rings (SSSR count). The van der Waals surface area contributed by atoms with Gasteiger partial charge >= 0.3 is 32.4 Å². The van der Waals surface area contributed by atoms with Crippen LogP contribution in [0.15, 0.2) is 12.7 Å². The second-order valence-electron chi connectivity index (χ2n) is 0.813. The molecule has 0 aromatic rings. The van der Waals surface area contributed by atoms with E-state index in [2.05, 4.69) is 13.0 Å². The molecule has 0 aromatic carbocycles. The van der Waals surface area contributed by atoms with Crippen LogP contribution in [-0.4, -0.2) is 13.4 Å². The van der Waals surface area contributed by atoms with Gasteiger partial charge in [-0.15, -0.1) is 0 Å². The van der Waals surface area contributed by atoms with Crippen molar-refractivity contribution in [3.8, 4) is 0 Å². The molecule has 0 spiro atoms. The van der Waals surface area contributed by atoms with E-state index in [1.165, 1.54) is 0 Å². The molecule has 0 N–H and O–H groups in total. The molecule has 26 valence electrons. The number of hydrogen-bond donors (Lipinski definition) is 0. The van der Waals surface area contributed by atoms with Gasteiger partial charge in [-0.1, -0.05) is 0 Å². The van der Waals surface area contributed by atoms with Crippen molar-refractivity contribution in [2.24, 2.45) is 0 Å². The molecule has 0 unspecified atom stereocenters. The Morgan fingerprint density at radius 1 is 1.80 bits per heavy atom. The fraction of sp³-hybridized carbons (Fsp3) is 0.250.